The maximum Gasteiger partial charge on any atom is 0.495 e. The Balaban J connectivity index is 1.29. The lowest BCUT2D eigenvalue weighted by atomic mass is 9.75. The Morgan fingerprint density at radius 2 is 1.91 bits per heavy atom. The van der Waals surface area contributed by atoms with Gasteiger partial charge in [-0.05, 0) is 81.1 Å². The molecule has 0 bridgehead atoms. The van der Waals surface area contributed by atoms with Gasteiger partial charge in [0.15, 0.2) is 6.29 Å². The Morgan fingerprint density at radius 3 is 2.56 bits per heavy atom. The molecule has 2 aliphatic carbocycles. The molecule has 7 heteroatoms. The highest BCUT2D eigenvalue weighted by Gasteiger charge is 2.52. The monoisotopic (exact) mass is 436 g/mol. The first-order valence-electron chi connectivity index (χ1n) is 11.6. The third kappa shape index (κ3) is 3.75. The van der Waals surface area contributed by atoms with E-state index in [1.165, 1.54) is 11.1 Å². The van der Waals surface area contributed by atoms with E-state index in [0.29, 0.717) is 5.92 Å². The zero-order chi connectivity index (χ0) is 22.7. The number of aliphatic hydroxyl groups is 1. The Morgan fingerprint density at radius 1 is 1.16 bits per heavy atom. The minimum absolute atomic E-state index is 0.177. The van der Waals surface area contributed by atoms with Crippen LogP contribution >= 0.6 is 0 Å². The molecule has 1 aromatic heterocycles. The number of benzene rings is 1. The minimum Gasteiger partial charge on any atom is -0.399 e. The molecule has 1 saturated heterocycles. The first-order chi connectivity index (χ1) is 15.2. The van der Waals surface area contributed by atoms with E-state index in [-0.39, 0.29) is 30.3 Å². The summed E-state index contributed by atoms with van der Waals surface area (Å²) in [6.07, 6.45) is 4.18. The predicted octanol–water partition coefficient (Wildman–Crippen LogP) is 3.55. The molecular weight excluding hydrogens is 403 g/mol. The summed E-state index contributed by atoms with van der Waals surface area (Å²) < 4.78 is 17.7. The number of rotatable bonds is 6. The summed E-state index contributed by atoms with van der Waals surface area (Å²) in [5, 5.41) is 13.5. The molecule has 32 heavy (non-hydrogen) atoms. The SMILES string of the molecule is COC(O)[C@H]1C[C@@H]1c1ccc(N[C@@H]2CCc3c(B4OC(C)(C)C(C)(C)O4)cccc32)nc1. The Hall–Kier alpha value is -1.93. The van der Waals surface area contributed by atoms with E-state index >= 15 is 0 Å². The molecule has 5 rings (SSSR count). The molecule has 2 N–H and O–H groups in total. The first-order valence-corrected chi connectivity index (χ1v) is 11.6. The summed E-state index contributed by atoms with van der Waals surface area (Å²) in [5.41, 5.74) is 4.24. The number of anilines is 1. The number of hydrogen-bond acceptors (Lipinski definition) is 6. The Bertz CT molecular complexity index is 978. The van der Waals surface area contributed by atoms with E-state index < -0.39 is 6.29 Å². The van der Waals surface area contributed by atoms with Crippen molar-refractivity contribution in [3.05, 3.63) is 53.2 Å². The molecule has 170 valence electrons. The van der Waals surface area contributed by atoms with Gasteiger partial charge < -0.3 is 24.5 Å². The van der Waals surface area contributed by atoms with Crippen LogP contribution in [0.4, 0.5) is 5.82 Å². The van der Waals surface area contributed by atoms with Gasteiger partial charge in [0, 0.05) is 19.2 Å². The van der Waals surface area contributed by atoms with Crippen LogP contribution in [0.5, 0.6) is 0 Å². The molecule has 1 unspecified atom stereocenters. The molecule has 0 radical (unpaired) electrons. The van der Waals surface area contributed by atoms with Crippen LogP contribution in [0, 0.1) is 5.92 Å². The van der Waals surface area contributed by atoms with Crippen molar-refractivity contribution in [2.24, 2.45) is 5.92 Å². The molecule has 6 nitrogen and oxygen atoms in total. The lowest BCUT2D eigenvalue weighted by Gasteiger charge is -2.32. The van der Waals surface area contributed by atoms with Crippen molar-refractivity contribution in [2.75, 3.05) is 12.4 Å². The summed E-state index contributed by atoms with van der Waals surface area (Å²) in [6, 6.07) is 10.8. The van der Waals surface area contributed by atoms with Gasteiger partial charge in [0.1, 0.15) is 5.82 Å². The average molecular weight is 436 g/mol. The van der Waals surface area contributed by atoms with Crippen LogP contribution in [0.15, 0.2) is 36.5 Å². The fraction of sp³-hybridized carbons (Fsp3) is 0.560. The lowest BCUT2D eigenvalue weighted by molar-refractivity contribution is -0.0895. The molecule has 2 heterocycles. The largest absolute Gasteiger partial charge is 0.495 e. The molecule has 0 amide bonds. The van der Waals surface area contributed by atoms with Gasteiger partial charge >= 0.3 is 7.12 Å². The van der Waals surface area contributed by atoms with Crippen LogP contribution in [0.2, 0.25) is 0 Å². The van der Waals surface area contributed by atoms with Gasteiger partial charge in [-0.3, -0.25) is 0 Å². The van der Waals surface area contributed by atoms with Crippen LogP contribution in [0.1, 0.15) is 69.2 Å². The van der Waals surface area contributed by atoms with Gasteiger partial charge in [0.25, 0.3) is 0 Å². The normalized spacial score (nSPS) is 28.4. The van der Waals surface area contributed by atoms with Crippen molar-refractivity contribution in [2.45, 2.75) is 76.4 Å². The van der Waals surface area contributed by atoms with E-state index in [9.17, 15) is 5.11 Å². The maximum absolute atomic E-state index is 9.85. The third-order valence-electron chi connectivity index (χ3n) is 7.80. The van der Waals surface area contributed by atoms with Crippen LogP contribution in [0.3, 0.4) is 0 Å². The van der Waals surface area contributed by atoms with E-state index in [1.54, 1.807) is 7.11 Å². The molecule has 1 aromatic carbocycles. The number of nitrogens with one attached hydrogen (secondary N) is 1. The quantitative estimate of drug-likeness (QED) is 0.533. The summed E-state index contributed by atoms with van der Waals surface area (Å²) in [6.45, 7) is 8.37. The standard InChI is InChI=1S/C25H33BN2O4/c1-24(2)25(3,4)32-26(31-24)20-8-6-7-17-16(20)10-11-21(17)28-22-12-9-15(14-27-22)18-13-19(18)23(29)30-5/h6-9,12,14,18-19,21,23,29H,10-11,13H2,1-5H3,(H,27,28)/t18-,19+,21-,23?/m1/s1. The molecular formula is C25H33BN2O4. The number of hydrogen-bond donors (Lipinski definition) is 2. The zero-order valence-electron chi connectivity index (χ0n) is 19.6. The number of ether oxygens (including phenoxy) is 1. The Kier molecular flexibility index (Phi) is 5.36. The van der Waals surface area contributed by atoms with Crippen molar-refractivity contribution in [1.82, 2.24) is 4.98 Å². The number of methoxy groups -OCH3 is 1. The van der Waals surface area contributed by atoms with E-state index in [4.69, 9.17) is 14.0 Å². The Labute approximate surface area is 190 Å². The fourth-order valence-electron chi connectivity index (χ4n) is 5.00. The summed E-state index contributed by atoms with van der Waals surface area (Å²) in [7, 11) is 1.21. The highest BCUT2D eigenvalue weighted by atomic mass is 16.7. The number of aliphatic hydroxyl groups excluding tert-OH is 1. The molecule has 1 aliphatic heterocycles. The van der Waals surface area contributed by atoms with Gasteiger partial charge in [-0.2, -0.15) is 0 Å². The number of fused-ring (bicyclic) bond motifs is 1. The van der Waals surface area contributed by atoms with Crippen molar-refractivity contribution in [3.63, 3.8) is 0 Å². The van der Waals surface area contributed by atoms with Gasteiger partial charge in [0.05, 0.1) is 17.2 Å². The summed E-state index contributed by atoms with van der Waals surface area (Å²) in [4.78, 5) is 4.65. The third-order valence-corrected chi connectivity index (χ3v) is 7.80. The van der Waals surface area contributed by atoms with Crippen LogP contribution in [-0.2, 0) is 20.5 Å². The van der Waals surface area contributed by atoms with Gasteiger partial charge in [-0.15, -0.1) is 0 Å². The van der Waals surface area contributed by atoms with Crippen molar-refractivity contribution >= 4 is 18.4 Å². The first kappa shape index (κ1) is 21.9. The maximum atomic E-state index is 9.85. The minimum atomic E-state index is -0.689. The van der Waals surface area contributed by atoms with E-state index in [0.717, 1.165) is 36.1 Å². The summed E-state index contributed by atoms with van der Waals surface area (Å²) in [5.74, 6) is 1.38. The molecule has 4 atom stereocenters. The second-order valence-corrected chi connectivity index (χ2v) is 10.3. The molecule has 3 aliphatic rings. The van der Waals surface area contributed by atoms with E-state index in [1.807, 2.05) is 12.3 Å². The lowest BCUT2D eigenvalue weighted by Crippen LogP contribution is -2.41. The smallest absolute Gasteiger partial charge is 0.399 e. The van der Waals surface area contributed by atoms with Crippen LogP contribution in [-0.4, -0.2) is 41.8 Å². The highest BCUT2D eigenvalue weighted by molar-refractivity contribution is 6.62. The van der Waals surface area contributed by atoms with Crippen LogP contribution < -0.4 is 10.8 Å². The van der Waals surface area contributed by atoms with Crippen molar-refractivity contribution in [3.8, 4) is 0 Å². The summed E-state index contributed by atoms with van der Waals surface area (Å²) >= 11 is 0. The molecule has 0 spiro atoms. The van der Waals surface area contributed by atoms with Gasteiger partial charge in [-0.25, -0.2) is 4.98 Å². The van der Waals surface area contributed by atoms with Gasteiger partial charge in [-0.1, -0.05) is 24.3 Å². The predicted molar refractivity (Wildman–Crippen MR) is 125 cm³/mol. The van der Waals surface area contributed by atoms with Gasteiger partial charge in [0.2, 0.25) is 0 Å². The van der Waals surface area contributed by atoms with Crippen molar-refractivity contribution < 1.29 is 19.2 Å². The topological polar surface area (TPSA) is 72.8 Å². The fourth-order valence-corrected chi connectivity index (χ4v) is 5.00. The van der Waals surface area contributed by atoms with Crippen LogP contribution in [0.25, 0.3) is 0 Å². The second kappa shape index (κ2) is 7.84. The number of pyridine rings is 1. The zero-order valence-corrected chi connectivity index (χ0v) is 19.6. The average Bonchev–Trinajstić information content (AvgIpc) is 3.41. The molecule has 2 aromatic rings. The molecule has 1 saturated carbocycles. The highest BCUT2D eigenvalue weighted by Crippen LogP contribution is 2.49. The number of aromatic nitrogens is 1. The van der Waals surface area contributed by atoms with Crippen molar-refractivity contribution in [1.29, 1.82) is 0 Å². The number of nitrogens with zero attached hydrogens (tertiary/aromatic N) is 1. The second-order valence-electron chi connectivity index (χ2n) is 10.3. The molecule has 2 fully saturated rings. The van der Waals surface area contributed by atoms with E-state index in [2.05, 4.69) is 62.3 Å².